The van der Waals surface area contributed by atoms with Crippen molar-refractivity contribution in [2.45, 2.75) is 18.8 Å². The fourth-order valence-corrected chi connectivity index (χ4v) is 3.23. The Morgan fingerprint density at radius 3 is 2.25 bits per heavy atom. The van der Waals surface area contributed by atoms with Gasteiger partial charge in [0.05, 0.1) is 5.75 Å². The summed E-state index contributed by atoms with van der Waals surface area (Å²) >= 11 is 0. The monoisotopic (exact) mass is 216 g/mol. The minimum Gasteiger partial charge on any atom is -0.212 e. The van der Waals surface area contributed by atoms with Crippen molar-refractivity contribution in [3.63, 3.8) is 0 Å². The third-order valence-corrected chi connectivity index (χ3v) is 3.95. The molecule has 2 aliphatic carbocycles. The van der Waals surface area contributed by atoms with Crippen molar-refractivity contribution in [3.05, 3.63) is 0 Å². The van der Waals surface area contributed by atoms with E-state index < -0.39 is 26.3 Å². The maximum atomic E-state index is 12.6. The quantitative estimate of drug-likeness (QED) is 0.657. The van der Waals surface area contributed by atoms with Crippen molar-refractivity contribution in [2.75, 3.05) is 5.75 Å². The maximum absolute atomic E-state index is 12.6. The van der Waals surface area contributed by atoms with Crippen LogP contribution in [0.25, 0.3) is 0 Å². The molecule has 0 amide bonds. The molecule has 12 heavy (non-hydrogen) atoms. The highest BCUT2D eigenvalue weighted by Crippen LogP contribution is 2.79. The molecule has 1 spiro atoms. The second kappa shape index (κ2) is 1.95. The summed E-state index contributed by atoms with van der Waals surface area (Å²) in [4.78, 5) is 0. The largest absolute Gasteiger partial charge is 0.254 e. The molecule has 0 saturated heterocycles. The predicted molar refractivity (Wildman–Crippen MR) is 39.7 cm³/mol. The molecule has 0 aromatic rings. The first-order valence-electron chi connectivity index (χ1n) is 3.57. The summed E-state index contributed by atoms with van der Waals surface area (Å²) < 4.78 is 46.2. The topological polar surface area (TPSA) is 34.1 Å². The summed E-state index contributed by atoms with van der Waals surface area (Å²) in [6, 6.07) is 0. The van der Waals surface area contributed by atoms with E-state index in [0.717, 1.165) is 0 Å². The highest BCUT2D eigenvalue weighted by atomic mass is 35.7. The fraction of sp³-hybridized carbons (Fsp3) is 1.00. The number of hydrogen-bond acceptors (Lipinski definition) is 2. The smallest absolute Gasteiger partial charge is 0.212 e. The molecule has 70 valence electrons. The molecule has 6 heteroatoms. The Hall–Kier alpha value is 0.1000. The van der Waals surface area contributed by atoms with Gasteiger partial charge in [0.15, 0.2) is 0 Å². The summed E-state index contributed by atoms with van der Waals surface area (Å²) in [6.45, 7) is 0. The minimum atomic E-state index is -3.60. The Balaban J connectivity index is 1.99. The van der Waals surface area contributed by atoms with Gasteiger partial charge in [0.1, 0.15) is 0 Å². The summed E-state index contributed by atoms with van der Waals surface area (Å²) in [5.74, 6) is -3.33. The van der Waals surface area contributed by atoms with E-state index in [2.05, 4.69) is 0 Å². The molecular formula is C6H7ClF2O2S. The highest BCUT2D eigenvalue weighted by molar-refractivity contribution is 8.13. The van der Waals surface area contributed by atoms with Crippen molar-refractivity contribution < 1.29 is 17.2 Å². The van der Waals surface area contributed by atoms with Gasteiger partial charge in [0.2, 0.25) is 9.05 Å². The van der Waals surface area contributed by atoms with E-state index in [1.165, 1.54) is 0 Å². The van der Waals surface area contributed by atoms with E-state index in [-0.39, 0.29) is 12.2 Å². The molecule has 2 saturated carbocycles. The first kappa shape index (κ1) is 8.69. The lowest BCUT2D eigenvalue weighted by Gasteiger charge is -1.93. The molecule has 0 bridgehead atoms. The van der Waals surface area contributed by atoms with E-state index >= 15 is 0 Å². The molecule has 0 aromatic carbocycles. The summed E-state index contributed by atoms with van der Waals surface area (Å²) in [7, 11) is 1.34. The molecule has 2 nitrogen and oxygen atoms in total. The van der Waals surface area contributed by atoms with Gasteiger partial charge in [-0.2, -0.15) is 0 Å². The number of alkyl halides is 2. The van der Waals surface area contributed by atoms with E-state index in [1.54, 1.807) is 0 Å². The normalized spacial score (nSPS) is 43.1. The van der Waals surface area contributed by atoms with Gasteiger partial charge in [-0.1, -0.05) is 0 Å². The predicted octanol–water partition coefficient (Wildman–Crippen LogP) is 1.60. The zero-order chi connectivity index (χ0) is 9.20. The summed E-state index contributed by atoms with van der Waals surface area (Å²) in [5, 5.41) is 0. The van der Waals surface area contributed by atoms with E-state index in [1.807, 2.05) is 0 Å². The van der Waals surface area contributed by atoms with Crippen LogP contribution >= 0.6 is 10.7 Å². The molecule has 2 rings (SSSR count). The highest BCUT2D eigenvalue weighted by Gasteiger charge is 2.83. The second-order valence-electron chi connectivity index (χ2n) is 3.64. The number of hydrogen-bond donors (Lipinski definition) is 0. The fourth-order valence-electron chi connectivity index (χ4n) is 1.86. The molecular weight excluding hydrogens is 210 g/mol. The van der Waals surface area contributed by atoms with Crippen molar-refractivity contribution in [1.82, 2.24) is 0 Å². The van der Waals surface area contributed by atoms with Crippen molar-refractivity contribution >= 4 is 19.7 Å². The first-order valence-corrected chi connectivity index (χ1v) is 6.05. The lowest BCUT2D eigenvalue weighted by atomic mass is 10.3. The van der Waals surface area contributed by atoms with Gasteiger partial charge in [0.25, 0.3) is 5.92 Å². The number of rotatable bonds is 2. The molecule has 2 aliphatic rings. The van der Waals surface area contributed by atoms with E-state index in [4.69, 9.17) is 10.7 Å². The Kier molecular flexibility index (Phi) is 1.41. The van der Waals surface area contributed by atoms with Crippen LogP contribution in [-0.2, 0) is 9.05 Å². The third-order valence-electron chi connectivity index (χ3n) is 2.77. The first-order chi connectivity index (χ1) is 5.27. The van der Waals surface area contributed by atoms with E-state index in [9.17, 15) is 17.2 Å². The van der Waals surface area contributed by atoms with Crippen LogP contribution in [0.4, 0.5) is 8.78 Å². The zero-order valence-electron chi connectivity index (χ0n) is 6.06. The van der Waals surface area contributed by atoms with Crippen LogP contribution < -0.4 is 0 Å². The second-order valence-corrected chi connectivity index (χ2v) is 6.47. The molecule has 0 aromatic heterocycles. The zero-order valence-corrected chi connectivity index (χ0v) is 7.63. The molecule has 0 N–H and O–H groups in total. The van der Waals surface area contributed by atoms with Crippen LogP contribution in [-0.4, -0.2) is 20.1 Å². The lowest BCUT2D eigenvalue weighted by Crippen LogP contribution is -2.04. The van der Waals surface area contributed by atoms with Gasteiger partial charge >= 0.3 is 0 Å². The van der Waals surface area contributed by atoms with Gasteiger partial charge in [-0.3, -0.25) is 0 Å². The molecule has 0 radical (unpaired) electrons. The molecule has 2 unspecified atom stereocenters. The SMILES string of the molecule is O=S(=O)(Cl)CC1CC12CC2(F)F. The molecule has 2 fully saturated rings. The van der Waals surface area contributed by atoms with E-state index in [0.29, 0.717) is 6.42 Å². The standard InChI is InChI=1S/C6H7ClF2O2S/c7-12(10,11)2-4-1-5(4)3-6(5,8)9/h4H,1-3H2. The minimum absolute atomic E-state index is 0.156. The summed E-state index contributed by atoms with van der Waals surface area (Å²) in [5.41, 5.74) is -0.977. The van der Waals surface area contributed by atoms with Crippen LogP contribution in [0.2, 0.25) is 0 Å². The van der Waals surface area contributed by atoms with Gasteiger partial charge < -0.3 is 0 Å². The lowest BCUT2D eigenvalue weighted by molar-refractivity contribution is 0.0901. The Morgan fingerprint density at radius 2 is 2.00 bits per heavy atom. The third kappa shape index (κ3) is 1.14. The Labute approximate surface area is 73.3 Å². The van der Waals surface area contributed by atoms with Crippen molar-refractivity contribution in [2.24, 2.45) is 11.3 Å². The Bertz CT molecular complexity index is 326. The van der Waals surface area contributed by atoms with Crippen LogP contribution in [0.15, 0.2) is 0 Å². The average molecular weight is 217 g/mol. The maximum Gasteiger partial charge on any atom is 0.254 e. The van der Waals surface area contributed by atoms with Crippen molar-refractivity contribution in [1.29, 1.82) is 0 Å². The van der Waals surface area contributed by atoms with Gasteiger partial charge in [0, 0.05) is 22.5 Å². The van der Waals surface area contributed by atoms with Crippen LogP contribution in [0, 0.1) is 11.3 Å². The molecule has 0 heterocycles. The van der Waals surface area contributed by atoms with Crippen LogP contribution in [0.5, 0.6) is 0 Å². The van der Waals surface area contributed by atoms with Crippen LogP contribution in [0.3, 0.4) is 0 Å². The molecule has 2 atom stereocenters. The van der Waals surface area contributed by atoms with Crippen LogP contribution in [0.1, 0.15) is 12.8 Å². The van der Waals surface area contributed by atoms with Crippen molar-refractivity contribution in [3.8, 4) is 0 Å². The molecule has 0 aliphatic heterocycles. The number of halogens is 3. The van der Waals surface area contributed by atoms with Gasteiger partial charge in [-0.05, 0) is 12.3 Å². The van der Waals surface area contributed by atoms with Gasteiger partial charge in [-0.15, -0.1) is 0 Å². The average Bonchev–Trinajstić information content (AvgIpc) is 2.48. The Morgan fingerprint density at radius 1 is 1.50 bits per heavy atom. The van der Waals surface area contributed by atoms with Gasteiger partial charge in [-0.25, -0.2) is 17.2 Å². The summed E-state index contributed by atoms with van der Waals surface area (Å²) in [6.07, 6.45) is 0.156.